The molecule has 0 atom stereocenters. The van der Waals surface area contributed by atoms with Gasteiger partial charge in [-0.05, 0) is 48.5 Å². The van der Waals surface area contributed by atoms with Crippen molar-refractivity contribution in [1.82, 2.24) is 4.98 Å². The number of rotatable bonds is 3. The summed E-state index contributed by atoms with van der Waals surface area (Å²) in [5.41, 5.74) is 0.998. The highest BCUT2D eigenvalue weighted by Crippen LogP contribution is 2.38. The van der Waals surface area contributed by atoms with E-state index in [-0.39, 0.29) is 11.4 Å². The molecule has 0 amide bonds. The molecule has 0 aliphatic carbocycles. The molecule has 0 bridgehead atoms. The summed E-state index contributed by atoms with van der Waals surface area (Å²) in [5, 5.41) is 18.7. The van der Waals surface area contributed by atoms with Crippen LogP contribution >= 0.6 is 11.3 Å². The van der Waals surface area contributed by atoms with Crippen LogP contribution in [0.1, 0.15) is 5.56 Å². The van der Waals surface area contributed by atoms with E-state index < -0.39 is 11.7 Å². The van der Waals surface area contributed by atoms with E-state index >= 15 is 0 Å². The van der Waals surface area contributed by atoms with Gasteiger partial charge in [0.1, 0.15) is 10.8 Å². The molecule has 0 radical (unpaired) electrons. The molecule has 8 heteroatoms. The van der Waals surface area contributed by atoms with Crippen LogP contribution in [0.2, 0.25) is 0 Å². The maximum absolute atomic E-state index is 12.8. The van der Waals surface area contributed by atoms with Gasteiger partial charge in [0.15, 0.2) is 0 Å². The number of azo groups is 1. The fourth-order valence-electron chi connectivity index (χ4n) is 2.60. The Labute approximate surface area is 161 Å². The Bertz CT molecular complexity index is 1150. The smallest absolute Gasteiger partial charge is 0.416 e. The summed E-state index contributed by atoms with van der Waals surface area (Å²) in [6.07, 6.45) is -4.44. The van der Waals surface area contributed by atoms with Crippen molar-refractivity contribution < 1.29 is 18.3 Å². The van der Waals surface area contributed by atoms with Gasteiger partial charge in [-0.15, -0.1) is 11.3 Å². The van der Waals surface area contributed by atoms with E-state index in [4.69, 9.17) is 0 Å². The zero-order chi connectivity index (χ0) is 19.7. The van der Waals surface area contributed by atoms with Crippen LogP contribution in [0.5, 0.6) is 5.75 Å². The Hall–Kier alpha value is -3.26. The van der Waals surface area contributed by atoms with Crippen LogP contribution in [0, 0.1) is 0 Å². The van der Waals surface area contributed by atoms with Gasteiger partial charge < -0.3 is 5.11 Å². The van der Waals surface area contributed by atoms with Gasteiger partial charge >= 0.3 is 6.18 Å². The van der Waals surface area contributed by atoms with Crippen molar-refractivity contribution in [2.75, 3.05) is 0 Å². The van der Waals surface area contributed by atoms with Gasteiger partial charge in [0.2, 0.25) is 0 Å². The lowest BCUT2D eigenvalue weighted by atomic mass is 10.2. The molecule has 1 N–H and O–H groups in total. The van der Waals surface area contributed by atoms with Crippen molar-refractivity contribution >= 4 is 32.9 Å². The van der Waals surface area contributed by atoms with Gasteiger partial charge in [-0.25, -0.2) is 4.98 Å². The average molecular weight is 399 g/mol. The summed E-state index contributed by atoms with van der Waals surface area (Å²) < 4.78 is 39.4. The molecule has 4 rings (SSSR count). The number of aromatic nitrogens is 1. The number of alkyl halides is 3. The van der Waals surface area contributed by atoms with E-state index in [0.717, 1.165) is 22.3 Å². The Balaban J connectivity index is 1.67. The molecule has 0 saturated carbocycles. The quantitative estimate of drug-likeness (QED) is 0.373. The molecule has 0 aliphatic heterocycles. The van der Waals surface area contributed by atoms with Gasteiger partial charge in [-0.1, -0.05) is 18.2 Å². The summed E-state index contributed by atoms with van der Waals surface area (Å²) in [6, 6.07) is 16.8. The topological polar surface area (TPSA) is 57.8 Å². The molecule has 0 fully saturated rings. The highest BCUT2D eigenvalue weighted by Gasteiger charge is 2.30. The molecule has 3 aromatic carbocycles. The number of hydrogen-bond donors (Lipinski definition) is 1. The predicted molar refractivity (Wildman–Crippen MR) is 102 cm³/mol. The molecule has 0 unspecified atom stereocenters. The maximum Gasteiger partial charge on any atom is 0.416 e. The Morgan fingerprint density at radius 3 is 2.36 bits per heavy atom. The molecule has 28 heavy (non-hydrogen) atoms. The zero-order valence-corrected chi connectivity index (χ0v) is 15.0. The van der Waals surface area contributed by atoms with Gasteiger partial charge in [0, 0.05) is 0 Å². The first-order chi connectivity index (χ1) is 13.4. The van der Waals surface area contributed by atoms with E-state index in [2.05, 4.69) is 15.2 Å². The summed E-state index contributed by atoms with van der Waals surface area (Å²) in [5.74, 6) is 0.0390. The number of para-hydroxylation sites is 1. The minimum atomic E-state index is -4.44. The Kier molecular flexibility index (Phi) is 4.56. The Morgan fingerprint density at radius 2 is 1.61 bits per heavy atom. The van der Waals surface area contributed by atoms with E-state index in [1.54, 1.807) is 6.07 Å². The van der Waals surface area contributed by atoms with Crippen LogP contribution in [-0.2, 0) is 6.18 Å². The molecule has 140 valence electrons. The number of aromatic hydroxyl groups is 1. The minimum Gasteiger partial charge on any atom is -0.507 e. The van der Waals surface area contributed by atoms with E-state index in [1.165, 1.54) is 35.6 Å². The van der Waals surface area contributed by atoms with Crippen LogP contribution in [0.3, 0.4) is 0 Å². The monoisotopic (exact) mass is 399 g/mol. The first kappa shape index (κ1) is 18.1. The van der Waals surface area contributed by atoms with Crippen molar-refractivity contribution in [3.8, 4) is 16.3 Å². The fourth-order valence-corrected chi connectivity index (χ4v) is 3.60. The summed E-state index contributed by atoms with van der Waals surface area (Å²) in [4.78, 5) is 4.50. The van der Waals surface area contributed by atoms with Crippen LogP contribution in [0.15, 0.2) is 77.0 Å². The summed E-state index contributed by atoms with van der Waals surface area (Å²) in [6.45, 7) is 0. The minimum absolute atomic E-state index is 0.0390. The lowest BCUT2D eigenvalue weighted by Crippen LogP contribution is -2.03. The Morgan fingerprint density at radius 1 is 0.857 bits per heavy atom. The number of halogens is 3. The van der Waals surface area contributed by atoms with Crippen LogP contribution in [-0.4, -0.2) is 10.1 Å². The largest absolute Gasteiger partial charge is 0.507 e. The third kappa shape index (κ3) is 3.72. The third-order valence-corrected chi connectivity index (χ3v) is 5.03. The average Bonchev–Trinajstić information content (AvgIpc) is 3.11. The number of phenols is 1. The number of nitrogens with zero attached hydrogens (tertiary/aromatic N) is 3. The van der Waals surface area contributed by atoms with Gasteiger partial charge in [-0.3, -0.25) is 0 Å². The molecule has 0 spiro atoms. The van der Waals surface area contributed by atoms with Crippen molar-refractivity contribution in [3.63, 3.8) is 0 Å². The summed E-state index contributed by atoms with van der Waals surface area (Å²) in [7, 11) is 0. The van der Waals surface area contributed by atoms with Gasteiger partial charge in [0.25, 0.3) is 0 Å². The SMILES string of the molecule is Oc1ccc(N=Nc2cccc(C(F)(F)F)c2)cc1-c1nc2ccccc2s1. The second-order valence-corrected chi connectivity index (χ2v) is 6.97. The highest BCUT2D eigenvalue weighted by atomic mass is 32.1. The number of phenolic OH excluding ortho intramolecular Hbond substituents is 1. The van der Waals surface area contributed by atoms with Crippen molar-refractivity contribution in [2.45, 2.75) is 6.18 Å². The number of benzene rings is 3. The van der Waals surface area contributed by atoms with Crippen LogP contribution in [0.4, 0.5) is 24.5 Å². The molecule has 4 aromatic rings. The standard InChI is InChI=1S/C20H12F3N3OS/c21-20(22,23)12-4-3-5-13(10-12)25-26-14-8-9-17(27)15(11-14)19-24-16-6-1-2-7-18(16)28-19/h1-11,27H. The maximum atomic E-state index is 12.8. The lowest BCUT2D eigenvalue weighted by Gasteiger charge is -2.06. The second-order valence-electron chi connectivity index (χ2n) is 5.94. The lowest BCUT2D eigenvalue weighted by molar-refractivity contribution is -0.137. The van der Waals surface area contributed by atoms with Gasteiger partial charge in [0.05, 0.1) is 32.7 Å². The zero-order valence-electron chi connectivity index (χ0n) is 14.2. The van der Waals surface area contributed by atoms with Crippen molar-refractivity contribution in [1.29, 1.82) is 0 Å². The van der Waals surface area contributed by atoms with E-state index in [0.29, 0.717) is 16.3 Å². The second kappa shape index (κ2) is 7.05. The third-order valence-electron chi connectivity index (χ3n) is 3.96. The molecule has 0 saturated heterocycles. The summed E-state index contributed by atoms with van der Waals surface area (Å²) >= 11 is 1.42. The van der Waals surface area contributed by atoms with Crippen molar-refractivity contribution in [3.05, 3.63) is 72.3 Å². The molecule has 0 aliphatic rings. The van der Waals surface area contributed by atoms with Crippen LogP contribution in [0.25, 0.3) is 20.8 Å². The van der Waals surface area contributed by atoms with Gasteiger partial charge in [-0.2, -0.15) is 23.4 Å². The fraction of sp³-hybridized carbons (Fsp3) is 0.0500. The normalized spacial score (nSPS) is 12.1. The molecule has 1 aromatic heterocycles. The van der Waals surface area contributed by atoms with E-state index in [9.17, 15) is 18.3 Å². The number of hydrogen-bond acceptors (Lipinski definition) is 5. The molecular weight excluding hydrogens is 387 g/mol. The number of fused-ring (bicyclic) bond motifs is 1. The van der Waals surface area contributed by atoms with Crippen LogP contribution < -0.4 is 0 Å². The first-order valence-electron chi connectivity index (χ1n) is 8.18. The first-order valence-corrected chi connectivity index (χ1v) is 9.00. The molecule has 4 nitrogen and oxygen atoms in total. The molecule has 1 heterocycles. The predicted octanol–water partition coefficient (Wildman–Crippen LogP) is 7.10. The number of thiazole rings is 1. The van der Waals surface area contributed by atoms with Crippen molar-refractivity contribution in [2.24, 2.45) is 10.2 Å². The highest BCUT2D eigenvalue weighted by molar-refractivity contribution is 7.21. The molecular formula is C20H12F3N3OS. The van der Waals surface area contributed by atoms with E-state index in [1.807, 2.05) is 24.3 Å².